The zero-order valence-electron chi connectivity index (χ0n) is 7.63. The molecule has 0 heterocycles. The molecular formula is C10H15NO. The number of rotatable bonds is 4. The second kappa shape index (κ2) is 4.78. The quantitative estimate of drug-likeness (QED) is 0.689. The lowest BCUT2D eigenvalue weighted by atomic mass is 10.2. The molecule has 1 aromatic carbocycles. The van der Waals surface area contributed by atoms with Crippen molar-refractivity contribution in [2.45, 2.75) is 6.92 Å². The van der Waals surface area contributed by atoms with Crippen LogP contribution in [-0.4, -0.2) is 20.3 Å². The van der Waals surface area contributed by atoms with Gasteiger partial charge in [0.2, 0.25) is 0 Å². The predicted molar refractivity (Wildman–Crippen MR) is 51.5 cm³/mol. The normalized spacial score (nSPS) is 9.83. The maximum absolute atomic E-state index is 4.93. The first-order valence-corrected chi connectivity index (χ1v) is 4.12. The summed E-state index contributed by atoms with van der Waals surface area (Å²) >= 11 is 0. The molecule has 0 aromatic heterocycles. The van der Waals surface area contributed by atoms with Crippen molar-refractivity contribution in [2.75, 3.05) is 25.6 Å². The van der Waals surface area contributed by atoms with Crippen LogP contribution in [-0.2, 0) is 4.74 Å². The van der Waals surface area contributed by atoms with Crippen LogP contribution in [0.15, 0.2) is 24.3 Å². The maximum Gasteiger partial charge on any atom is 0.0635 e. The highest BCUT2D eigenvalue weighted by atomic mass is 16.5. The standard InChI is InChI=1S/C10H15NO/c1-9-4-3-5-10(8-9)11-6-7-12-2/h3-5,8,11H,6-7H2,1-2H3. The monoisotopic (exact) mass is 165 g/mol. The fourth-order valence-electron chi connectivity index (χ4n) is 1.05. The van der Waals surface area contributed by atoms with Gasteiger partial charge in [0, 0.05) is 19.3 Å². The molecule has 0 unspecified atom stereocenters. The van der Waals surface area contributed by atoms with Gasteiger partial charge in [0.1, 0.15) is 0 Å². The van der Waals surface area contributed by atoms with Crippen molar-refractivity contribution in [1.82, 2.24) is 0 Å². The lowest BCUT2D eigenvalue weighted by molar-refractivity contribution is 0.211. The number of aryl methyl sites for hydroxylation is 1. The number of anilines is 1. The highest BCUT2D eigenvalue weighted by Crippen LogP contribution is 2.08. The minimum absolute atomic E-state index is 0.744. The summed E-state index contributed by atoms with van der Waals surface area (Å²) in [5, 5.41) is 3.26. The van der Waals surface area contributed by atoms with Gasteiger partial charge in [-0.25, -0.2) is 0 Å². The van der Waals surface area contributed by atoms with Crippen LogP contribution in [0.5, 0.6) is 0 Å². The van der Waals surface area contributed by atoms with E-state index in [4.69, 9.17) is 4.74 Å². The fraction of sp³-hybridized carbons (Fsp3) is 0.400. The Morgan fingerprint density at radius 2 is 2.25 bits per heavy atom. The van der Waals surface area contributed by atoms with Gasteiger partial charge >= 0.3 is 0 Å². The van der Waals surface area contributed by atoms with E-state index in [2.05, 4.69) is 30.4 Å². The molecule has 0 aliphatic heterocycles. The average Bonchev–Trinajstić information content (AvgIpc) is 2.05. The smallest absolute Gasteiger partial charge is 0.0635 e. The van der Waals surface area contributed by atoms with E-state index in [0.29, 0.717) is 0 Å². The summed E-state index contributed by atoms with van der Waals surface area (Å²) in [4.78, 5) is 0. The summed E-state index contributed by atoms with van der Waals surface area (Å²) in [5.41, 5.74) is 2.43. The van der Waals surface area contributed by atoms with Gasteiger partial charge in [-0.05, 0) is 24.6 Å². The molecule has 0 atom stereocenters. The van der Waals surface area contributed by atoms with E-state index in [1.165, 1.54) is 5.56 Å². The summed E-state index contributed by atoms with van der Waals surface area (Å²) in [5.74, 6) is 0. The molecule has 0 saturated heterocycles. The second-order valence-corrected chi connectivity index (χ2v) is 2.79. The van der Waals surface area contributed by atoms with Crippen molar-refractivity contribution in [3.05, 3.63) is 29.8 Å². The van der Waals surface area contributed by atoms with Crippen LogP contribution in [0.2, 0.25) is 0 Å². The topological polar surface area (TPSA) is 21.3 Å². The summed E-state index contributed by atoms with van der Waals surface area (Å²) in [7, 11) is 1.71. The van der Waals surface area contributed by atoms with Crippen LogP contribution in [0.3, 0.4) is 0 Å². The molecule has 66 valence electrons. The van der Waals surface area contributed by atoms with Gasteiger partial charge in [-0.3, -0.25) is 0 Å². The highest BCUT2D eigenvalue weighted by molar-refractivity contribution is 5.45. The molecule has 0 amide bonds. The van der Waals surface area contributed by atoms with Crippen molar-refractivity contribution in [3.8, 4) is 0 Å². The first-order chi connectivity index (χ1) is 5.83. The third-order valence-corrected chi connectivity index (χ3v) is 1.65. The number of ether oxygens (including phenoxy) is 1. The minimum atomic E-state index is 0.744. The largest absolute Gasteiger partial charge is 0.383 e. The molecule has 0 spiro atoms. The summed E-state index contributed by atoms with van der Waals surface area (Å²) in [6, 6.07) is 8.31. The summed E-state index contributed by atoms with van der Waals surface area (Å²) < 4.78 is 4.93. The van der Waals surface area contributed by atoms with E-state index in [1.54, 1.807) is 7.11 Å². The van der Waals surface area contributed by atoms with E-state index < -0.39 is 0 Å². The number of hydrogen-bond donors (Lipinski definition) is 1. The van der Waals surface area contributed by atoms with E-state index >= 15 is 0 Å². The fourth-order valence-corrected chi connectivity index (χ4v) is 1.05. The number of benzene rings is 1. The molecule has 0 aliphatic rings. The number of nitrogens with one attached hydrogen (secondary N) is 1. The average molecular weight is 165 g/mol. The second-order valence-electron chi connectivity index (χ2n) is 2.79. The summed E-state index contributed by atoms with van der Waals surface area (Å²) in [6.07, 6.45) is 0. The Morgan fingerprint density at radius 3 is 2.92 bits per heavy atom. The summed E-state index contributed by atoms with van der Waals surface area (Å²) in [6.45, 7) is 3.69. The van der Waals surface area contributed by atoms with E-state index in [1.807, 2.05) is 6.07 Å². The molecule has 0 aliphatic carbocycles. The van der Waals surface area contributed by atoms with Gasteiger partial charge < -0.3 is 10.1 Å². The van der Waals surface area contributed by atoms with Crippen molar-refractivity contribution >= 4 is 5.69 Å². The van der Waals surface area contributed by atoms with Crippen LogP contribution in [0.4, 0.5) is 5.69 Å². The number of methoxy groups -OCH3 is 1. The Hall–Kier alpha value is -1.02. The molecule has 0 saturated carbocycles. The predicted octanol–water partition coefficient (Wildman–Crippen LogP) is 2.05. The Labute approximate surface area is 73.6 Å². The van der Waals surface area contributed by atoms with Gasteiger partial charge in [-0.1, -0.05) is 12.1 Å². The SMILES string of the molecule is COCCNc1cccc(C)c1. The molecule has 1 aromatic rings. The lowest BCUT2D eigenvalue weighted by Gasteiger charge is -2.05. The molecule has 0 radical (unpaired) electrons. The van der Waals surface area contributed by atoms with E-state index in [-0.39, 0.29) is 0 Å². The van der Waals surface area contributed by atoms with Crippen molar-refractivity contribution in [1.29, 1.82) is 0 Å². The third kappa shape index (κ3) is 2.93. The Kier molecular flexibility index (Phi) is 3.61. The Balaban J connectivity index is 2.41. The molecule has 1 rings (SSSR count). The first-order valence-electron chi connectivity index (χ1n) is 4.12. The zero-order valence-corrected chi connectivity index (χ0v) is 7.63. The highest BCUT2D eigenvalue weighted by Gasteiger charge is 1.90. The van der Waals surface area contributed by atoms with Crippen LogP contribution < -0.4 is 5.32 Å². The molecule has 12 heavy (non-hydrogen) atoms. The van der Waals surface area contributed by atoms with E-state index in [9.17, 15) is 0 Å². The Bertz CT molecular complexity index is 235. The van der Waals surface area contributed by atoms with Crippen LogP contribution in [0.1, 0.15) is 5.56 Å². The van der Waals surface area contributed by atoms with Gasteiger partial charge in [-0.15, -0.1) is 0 Å². The zero-order chi connectivity index (χ0) is 8.81. The molecule has 2 nitrogen and oxygen atoms in total. The lowest BCUT2D eigenvalue weighted by Crippen LogP contribution is -2.07. The molecule has 1 N–H and O–H groups in total. The van der Waals surface area contributed by atoms with Crippen LogP contribution in [0.25, 0.3) is 0 Å². The van der Waals surface area contributed by atoms with Crippen molar-refractivity contribution < 1.29 is 4.74 Å². The van der Waals surface area contributed by atoms with Gasteiger partial charge in [0.25, 0.3) is 0 Å². The minimum Gasteiger partial charge on any atom is -0.383 e. The molecular weight excluding hydrogens is 150 g/mol. The number of hydrogen-bond acceptors (Lipinski definition) is 2. The van der Waals surface area contributed by atoms with Crippen LogP contribution in [0, 0.1) is 6.92 Å². The van der Waals surface area contributed by atoms with Gasteiger partial charge in [-0.2, -0.15) is 0 Å². The molecule has 0 bridgehead atoms. The van der Waals surface area contributed by atoms with Crippen molar-refractivity contribution in [2.24, 2.45) is 0 Å². The van der Waals surface area contributed by atoms with Gasteiger partial charge in [0.15, 0.2) is 0 Å². The van der Waals surface area contributed by atoms with Crippen molar-refractivity contribution in [3.63, 3.8) is 0 Å². The Morgan fingerprint density at radius 1 is 1.42 bits per heavy atom. The molecule has 0 fully saturated rings. The van der Waals surface area contributed by atoms with Gasteiger partial charge in [0.05, 0.1) is 6.61 Å². The first kappa shape index (κ1) is 9.07. The van der Waals surface area contributed by atoms with E-state index in [0.717, 1.165) is 18.8 Å². The molecule has 2 heteroatoms. The maximum atomic E-state index is 4.93. The third-order valence-electron chi connectivity index (χ3n) is 1.65. The van der Waals surface area contributed by atoms with Crippen LogP contribution >= 0.6 is 0 Å².